The van der Waals surface area contributed by atoms with Gasteiger partial charge in [0.25, 0.3) is 0 Å². The maximum atomic E-state index is 6.34. The van der Waals surface area contributed by atoms with Gasteiger partial charge in [-0.3, -0.25) is 0 Å². The average molecular weight is 723 g/mol. The van der Waals surface area contributed by atoms with Gasteiger partial charge in [-0.05, 0) is 53.6 Å². The van der Waals surface area contributed by atoms with E-state index >= 15 is 0 Å². The molecule has 0 atom stereocenters. The Morgan fingerprint density at radius 3 is 0.911 bits per heavy atom. The van der Waals surface area contributed by atoms with Crippen LogP contribution in [0.15, 0.2) is 182 Å². The molecule has 2 aromatic heterocycles. The predicted octanol–water partition coefficient (Wildman–Crippen LogP) is 11.6. The van der Waals surface area contributed by atoms with Gasteiger partial charge in [-0.1, -0.05) is 140 Å². The van der Waals surface area contributed by atoms with E-state index in [2.05, 4.69) is 12.1 Å². The van der Waals surface area contributed by atoms with E-state index in [4.69, 9.17) is 39.4 Å². The molecule has 264 valence electrons. The highest BCUT2D eigenvalue weighted by Gasteiger charge is 2.21. The van der Waals surface area contributed by atoms with E-state index in [1.54, 1.807) is 0 Å². The molecule has 8 nitrogen and oxygen atoms in total. The Labute approximate surface area is 322 Å². The molecule has 0 aliphatic carbocycles. The van der Waals surface area contributed by atoms with Crippen LogP contribution in [0.25, 0.3) is 79.5 Å². The Kier molecular flexibility index (Phi) is 8.31. The normalized spacial score (nSPS) is 11.5. The third-order valence-corrected chi connectivity index (χ3v) is 9.41. The van der Waals surface area contributed by atoms with E-state index < -0.39 is 0 Å². The fourth-order valence-electron chi connectivity index (χ4n) is 6.64. The minimum absolute atomic E-state index is 0.507. The van der Waals surface area contributed by atoms with E-state index in [9.17, 15) is 0 Å². The molecule has 7 aromatic carbocycles. The zero-order valence-electron chi connectivity index (χ0n) is 29.8. The third kappa shape index (κ3) is 6.52. The average Bonchev–Trinajstić information content (AvgIpc) is 3.29. The number of benzene rings is 7. The smallest absolute Gasteiger partial charge is 0.170 e. The number of fused-ring (bicyclic) bond motifs is 2. The lowest BCUT2D eigenvalue weighted by molar-refractivity contribution is 0.360. The van der Waals surface area contributed by atoms with Crippen LogP contribution in [0.3, 0.4) is 0 Å². The molecule has 1 aliphatic heterocycles. The summed E-state index contributed by atoms with van der Waals surface area (Å²) in [6.07, 6.45) is 0. The number of rotatable bonds is 7. The van der Waals surface area contributed by atoms with Crippen molar-refractivity contribution in [1.29, 1.82) is 0 Å². The first kappa shape index (κ1) is 32.8. The Morgan fingerprint density at radius 1 is 0.214 bits per heavy atom. The SMILES string of the molecule is c1ccc(-c2nc(-c3ccccc3)nc(-c3cc(-c4ccc5c(c4)Oc4ccccc4O5)cc(-c4nc(-c5ccccc5)nc(-c5ccccc5)n4)c3)n2)cc1. The van der Waals surface area contributed by atoms with Crippen molar-refractivity contribution < 1.29 is 9.47 Å². The van der Waals surface area contributed by atoms with Crippen molar-refractivity contribution in [2.45, 2.75) is 0 Å². The maximum absolute atomic E-state index is 6.34. The maximum Gasteiger partial charge on any atom is 0.170 e. The van der Waals surface area contributed by atoms with Gasteiger partial charge in [-0.2, -0.15) is 0 Å². The standard InChI is InChI=1S/C48H30N6O2/c1-5-15-31(16-6-1)43-49-44(32-17-7-2-8-18-32)52-47(51-43)37-27-36(35-25-26-41-42(30-35)56-40-24-14-13-23-39(40)55-41)28-38(29-37)48-53-45(33-19-9-3-10-20-33)50-46(54-48)34-21-11-4-12-22-34/h1-30H. The highest BCUT2D eigenvalue weighted by Crippen LogP contribution is 2.47. The molecule has 0 unspecified atom stereocenters. The van der Waals surface area contributed by atoms with Gasteiger partial charge in [0.2, 0.25) is 0 Å². The van der Waals surface area contributed by atoms with Crippen LogP contribution in [0.1, 0.15) is 0 Å². The van der Waals surface area contributed by atoms with Gasteiger partial charge in [-0.15, -0.1) is 0 Å². The van der Waals surface area contributed by atoms with E-state index in [0.717, 1.165) is 44.5 Å². The summed E-state index contributed by atoms with van der Waals surface area (Å²) in [6.45, 7) is 0. The lowest BCUT2D eigenvalue weighted by Gasteiger charge is -2.21. The van der Waals surface area contributed by atoms with E-state index in [-0.39, 0.29) is 0 Å². The molecule has 8 heteroatoms. The molecule has 9 aromatic rings. The monoisotopic (exact) mass is 722 g/mol. The molecule has 0 radical (unpaired) electrons. The summed E-state index contributed by atoms with van der Waals surface area (Å²) < 4.78 is 12.5. The van der Waals surface area contributed by atoms with E-state index in [0.29, 0.717) is 57.9 Å². The number of ether oxygens (including phenoxy) is 2. The van der Waals surface area contributed by atoms with Crippen LogP contribution in [0.4, 0.5) is 0 Å². The Balaban J connectivity index is 1.19. The summed E-state index contributed by atoms with van der Waals surface area (Å²) >= 11 is 0. The van der Waals surface area contributed by atoms with Crippen LogP contribution in [-0.2, 0) is 0 Å². The van der Waals surface area contributed by atoms with Crippen molar-refractivity contribution in [1.82, 2.24) is 29.9 Å². The highest BCUT2D eigenvalue weighted by molar-refractivity contribution is 5.81. The van der Waals surface area contributed by atoms with Crippen molar-refractivity contribution in [2.24, 2.45) is 0 Å². The third-order valence-electron chi connectivity index (χ3n) is 9.41. The van der Waals surface area contributed by atoms with Gasteiger partial charge < -0.3 is 9.47 Å². The molecule has 0 spiro atoms. The van der Waals surface area contributed by atoms with Crippen LogP contribution in [0, 0.1) is 0 Å². The summed E-state index contributed by atoms with van der Waals surface area (Å²) in [5, 5.41) is 0. The second kappa shape index (κ2) is 14.2. The topological polar surface area (TPSA) is 95.8 Å². The number of nitrogens with zero attached hydrogens (tertiary/aromatic N) is 6. The Morgan fingerprint density at radius 2 is 0.518 bits per heavy atom. The van der Waals surface area contributed by atoms with Crippen molar-refractivity contribution in [2.75, 3.05) is 0 Å². The number of para-hydroxylation sites is 2. The zero-order chi connectivity index (χ0) is 37.3. The fraction of sp³-hybridized carbons (Fsp3) is 0. The van der Waals surface area contributed by atoms with Gasteiger partial charge in [0.15, 0.2) is 57.9 Å². The second-order valence-electron chi connectivity index (χ2n) is 13.2. The molecular weight excluding hydrogens is 693 g/mol. The van der Waals surface area contributed by atoms with Crippen molar-refractivity contribution in [3.05, 3.63) is 182 Å². The van der Waals surface area contributed by atoms with Gasteiger partial charge in [0.05, 0.1) is 0 Å². The molecule has 10 rings (SSSR count). The molecule has 0 amide bonds. The molecule has 0 fully saturated rings. The van der Waals surface area contributed by atoms with Crippen LogP contribution < -0.4 is 9.47 Å². The van der Waals surface area contributed by atoms with E-state index in [1.807, 2.05) is 170 Å². The lowest BCUT2D eigenvalue weighted by Crippen LogP contribution is -2.02. The van der Waals surface area contributed by atoms with Gasteiger partial charge >= 0.3 is 0 Å². The molecule has 0 N–H and O–H groups in total. The van der Waals surface area contributed by atoms with Crippen molar-refractivity contribution in [3.8, 4) is 102 Å². The molecular formula is C48H30N6O2. The van der Waals surface area contributed by atoms with Gasteiger partial charge in [0.1, 0.15) is 0 Å². The molecule has 0 bridgehead atoms. The number of aromatic nitrogens is 6. The van der Waals surface area contributed by atoms with E-state index in [1.165, 1.54) is 0 Å². The van der Waals surface area contributed by atoms with Gasteiger partial charge in [-0.25, -0.2) is 29.9 Å². The summed E-state index contributed by atoms with van der Waals surface area (Å²) in [4.78, 5) is 30.2. The molecule has 0 saturated heterocycles. The van der Waals surface area contributed by atoms with Crippen LogP contribution >= 0.6 is 0 Å². The van der Waals surface area contributed by atoms with Crippen LogP contribution in [0.2, 0.25) is 0 Å². The van der Waals surface area contributed by atoms with Crippen LogP contribution in [-0.4, -0.2) is 29.9 Å². The summed E-state index contributed by atoms with van der Waals surface area (Å²) in [5.74, 6) is 5.87. The second-order valence-corrected chi connectivity index (χ2v) is 13.2. The fourth-order valence-corrected chi connectivity index (χ4v) is 6.64. The first-order chi connectivity index (χ1) is 27.7. The van der Waals surface area contributed by atoms with Crippen LogP contribution in [0.5, 0.6) is 23.0 Å². The minimum Gasteiger partial charge on any atom is -0.450 e. The molecule has 56 heavy (non-hydrogen) atoms. The van der Waals surface area contributed by atoms with Gasteiger partial charge in [0, 0.05) is 33.4 Å². The zero-order valence-corrected chi connectivity index (χ0v) is 29.8. The molecule has 3 heterocycles. The molecule has 1 aliphatic rings. The first-order valence-electron chi connectivity index (χ1n) is 18.2. The molecule has 0 saturated carbocycles. The summed E-state index contributed by atoms with van der Waals surface area (Å²) in [6, 6.07) is 59.6. The Hall–Kier alpha value is -7.84. The summed E-state index contributed by atoms with van der Waals surface area (Å²) in [7, 11) is 0. The summed E-state index contributed by atoms with van der Waals surface area (Å²) in [5.41, 5.74) is 6.84. The minimum atomic E-state index is 0.507. The first-order valence-corrected chi connectivity index (χ1v) is 18.2. The largest absolute Gasteiger partial charge is 0.450 e. The number of hydrogen-bond acceptors (Lipinski definition) is 8. The Bertz CT molecular complexity index is 2590. The lowest BCUT2D eigenvalue weighted by atomic mass is 9.98. The number of hydrogen-bond donors (Lipinski definition) is 0. The van der Waals surface area contributed by atoms with Crippen molar-refractivity contribution in [3.63, 3.8) is 0 Å². The van der Waals surface area contributed by atoms with Crippen molar-refractivity contribution >= 4 is 0 Å². The quantitative estimate of drug-likeness (QED) is 0.160. The highest BCUT2D eigenvalue weighted by atomic mass is 16.6. The predicted molar refractivity (Wildman–Crippen MR) is 218 cm³/mol.